The molecule has 1 N–H and O–H groups in total. The van der Waals surface area contributed by atoms with E-state index in [0.717, 1.165) is 34.3 Å². The van der Waals surface area contributed by atoms with Crippen molar-refractivity contribution in [3.05, 3.63) is 48.0 Å². The molecule has 0 saturated heterocycles. The van der Waals surface area contributed by atoms with Gasteiger partial charge in [0.25, 0.3) is 11.1 Å². The summed E-state index contributed by atoms with van der Waals surface area (Å²) in [5, 5.41) is 3.12. The number of amides is 1. The number of oxazole rings is 1. The zero-order chi connectivity index (χ0) is 20.8. The second-order valence-electron chi connectivity index (χ2n) is 6.47. The number of hydrogen-bond donors (Lipinski definition) is 1. The van der Waals surface area contributed by atoms with Gasteiger partial charge in [-0.25, -0.2) is 4.98 Å². The second-order valence-corrected chi connectivity index (χ2v) is 7.40. The standard InChI is InChI=1S/C21H20N2O6S/c24-19(22-8-7-14-5-6-17-18(11-14)27-10-9-26-17)12-28-20(25)13-30-21-23-15-3-1-2-4-16(15)29-21/h1-6,11H,7-10,12-13H2,(H,22,24). The molecular weight excluding hydrogens is 408 g/mol. The van der Waals surface area contributed by atoms with Crippen LogP contribution in [0.2, 0.25) is 0 Å². The van der Waals surface area contributed by atoms with E-state index in [1.54, 1.807) is 6.07 Å². The van der Waals surface area contributed by atoms with Crippen LogP contribution < -0.4 is 14.8 Å². The molecular formula is C21H20N2O6S. The van der Waals surface area contributed by atoms with Crippen molar-refractivity contribution in [2.24, 2.45) is 0 Å². The van der Waals surface area contributed by atoms with E-state index in [1.165, 1.54) is 0 Å². The van der Waals surface area contributed by atoms with Gasteiger partial charge in [-0.05, 0) is 36.2 Å². The summed E-state index contributed by atoms with van der Waals surface area (Å²) in [4.78, 5) is 28.0. The van der Waals surface area contributed by atoms with E-state index in [9.17, 15) is 9.59 Å². The van der Waals surface area contributed by atoms with Crippen LogP contribution in [0.1, 0.15) is 5.56 Å². The van der Waals surface area contributed by atoms with Crippen LogP contribution in [0.3, 0.4) is 0 Å². The Morgan fingerprint density at radius 1 is 1.10 bits per heavy atom. The van der Waals surface area contributed by atoms with Gasteiger partial charge >= 0.3 is 5.97 Å². The van der Waals surface area contributed by atoms with Gasteiger partial charge in [-0.15, -0.1) is 0 Å². The lowest BCUT2D eigenvalue weighted by molar-refractivity contribution is -0.145. The Balaban J connectivity index is 1.14. The van der Waals surface area contributed by atoms with Crippen molar-refractivity contribution in [2.75, 3.05) is 32.1 Å². The maximum Gasteiger partial charge on any atom is 0.316 e. The van der Waals surface area contributed by atoms with E-state index in [1.807, 2.05) is 36.4 Å². The molecule has 0 radical (unpaired) electrons. The van der Waals surface area contributed by atoms with Crippen LogP contribution in [0.15, 0.2) is 52.1 Å². The summed E-state index contributed by atoms with van der Waals surface area (Å²) in [5.74, 6) is 0.598. The first-order valence-electron chi connectivity index (χ1n) is 9.46. The number of hydrogen-bond acceptors (Lipinski definition) is 8. The number of para-hydroxylation sites is 2. The van der Waals surface area contributed by atoms with Crippen LogP contribution in [0.5, 0.6) is 11.5 Å². The maximum absolute atomic E-state index is 11.9. The minimum absolute atomic E-state index is 0.0112. The molecule has 2 heterocycles. The monoisotopic (exact) mass is 428 g/mol. The molecule has 0 aliphatic carbocycles. The normalized spacial score (nSPS) is 12.5. The number of benzene rings is 2. The summed E-state index contributed by atoms with van der Waals surface area (Å²) in [6, 6.07) is 13.0. The van der Waals surface area contributed by atoms with Gasteiger partial charge in [-0.2, -0.15) is 0 Å². The quantitative estimate of drug-likeness (QED) is 0.432. The van der Waals surface area contributed by atoms with Crippen molar-refractivity contribution >= 4 is 34.7 Å². The molecule has 1 aliphatic heterocycles. The van der Waals surface area contributed by atoms with Crippen molar-refractivity contribution in [1.29, 1.82) is 0 Å². The Hall–Kier alpha value is -3.20. The highest BCUT2D eigenvalue weighted by Crippen LogP contribution is 2.30. The van der Waals surface area contributed by atoms with Gasteiger partial charge in [0.1, 0.15) is 24.5 Å². The number of nitrogens with zero attached hydrogens (tertiary/aromatic N) is 1. The molecule has 1 aromatic heterocycles. The lowest BCUT2D eigenvalue weighted by Crippen LogP contribution is -2.30. The Labute approximate surface area is 176 Å². The number of ether oxygens (including phenoxy) is 3. The number of carbonyl (C=O) groups excluding carboxylic acids is 2. The molecule has 0 unspecified atom stereocenters. The highest BCUT2D eigenvalue weighted by Gasteiger charge is 2.13. The van der Waals surface area contributed by atoms with Gasteiger partial charge in [-0.3, -0.25) is 9.59 Å². The molecule has 0 atom stereocenters. The van der Waals surface area contributed by atoms with Crippen LogP contribution in [-0.4, -0.2) is 49.0 Å². The largest absolute Gasteiger partial charge is 0.486 e. The number of carbonyl (C=O) groups is 2. The second kappa shape index (κ2) is 9.53. The number of rotatable bonds is 8. The van der Waals surface area contributed by atoms with Gasteiger partial charge in [0.15, 0.2) is 23.7 Å². The Kier molecular flexibility index (Phi) is 6.38. The van der Waals surface area contributed by atoms with Gasteiger partial charge in [0.2, 0.25) is 0 Å². The molecule has 0 bridgehead atoms. The van der Waals surface area contributed by atoms with Crippen LogP contribution in [0, 0.1) is 0 Å². The molecule has 8 nitrogen and oxygen atoms in total. The van der Waals surface area contributed by atoms with Gasteiger partial charge in [0.05, 0.1) is 0 Å². The van der Waals surface area contributed by atoms with E-state index in [-0.39, 0.29) is 18.3 Å². The molecule has 0 fully saturated rings. The van der Waals surface area contributed by atoms with Gasteiger partial charge in [-0.1, -0.05) is 30.0 Å². The first-order valence-corrected chi connectivity index (χ1v) is 10.5. The molecule has 0 saturated carbocycles. The molecule has 4 rings (SSSR count). The molecule has 2 aromatic carbocycles. The number of aromatic nitrogens is 1. The molecule has 1 aliphatic rings. The van der Waals surface area contributed by atoms with Crippen molar-refractivity contribution in [1.82, 2.24) is 10.3 Å². The Bertz CT molecular complexity index is 1020. The summed E-state index contributed by atoms with van der Waals surface area (Å²) >= 11 is 1.13. The van der Waals surface area contributed by atoms with E-state index in [0.29, 0.717) is 37.0 Å². The van der Waals surface area contributed by atoms with E-state index < -0.39 is 5.97 Å². The van der Waals surface area contributed by atoms with Crippen LogP contribution in [0.4, 0.5) is 0 Å². The zero-order valence-electron chi connectivity index (χ0n) is 16.1. The average molecular weight is 428 g/mol. The minimum Gasteiger partial charge on any atom is -0.486 e. The summed E-state index contributed by atoms with van der Waals surface area (Å²) in [7, 11) is 0. The summed E-state index contributed by atoms with van der Waals surface area (Å²) in [6.07, 6.45) is 0.629. The third-order valence-corrected chi connectivity index (χ3v) is 5.10. The third kappa shape index (κ3) is 5.24. The molecule has 9 heteroatoms. The van der Waals surface area contributed by atoms with E-state index in [2.05, 4.69) is 10.3 Å². The number of nitrogens with one attached hydrogen (secondary N) is 1. The molecule has 156 valence electrons. The van der Waals surface area contributed by atoms with Gasteiger partial charge < -0.3 is 23.9 Å². The average Bonchev–Trinajstić information content (AvgIpc) is 3.19. The maximum atomic E-state index is 11.9. The first-order chi connectivity index (χ1) is 14.7. The fourth-order valence-electron chi connectivity index (χ4n) is 2.86. The minimum atomic E-state index is -0.510. The van der Waals surface area contributed by atoms with Crippen molar-refractivity contribution in [2.45, 2.75) is 11.6 Å². The number of esters is 1. The highest BCUT2D eigenvalue weighted by molar-refractivity contribution is 7.99. The van der Waals surface area contributed by atoms with Crippen molar-refractivity contribution < 1.29 is 28.2 Å². The number of thioether (sulfide) groups is 1. The van der Waals surface area contributed by atoms with E-state index >= 15 is 0 Å². The Morgan fingerprint density at radius 3 is 2.80 bits per heavy atom. The molecule has 30 heavy (non-hydrogen) atoms. The van der Waals surface area contributed by atoms with E-state index in [4.69, 9.17) is 18.6 Å². The lowest BCUT2D eigenvalue weighted by Gasteiger charge is -2.18. The SMILES string of the molecule is O=C(COC(=O)CSc1nc2ccccc2o1)NCCc1ccc2c(c1)OCCO2. The molecule has 1 amide bonds. The first kappa shape index (κ1) is 20.1. The molecule has 3 aromatic rings. The van der Waals surface area contributed by atoms with Crippen molar-refractivity contribution in [3.8, 4) is 11.5 Å². The predicted molar refractivity (Wildman–Crippen MR) is 110 cm³/mol. The fraction of sp³-hybridized carbons (Fsp3) is 0.286. The summed E-state index contributed by atoms with van der Waals surface area (Å²) in [5.41, 5.74) is 2.41. The highest BCUT2D eigenvalue weighted by atomic mass is 32.2. The third-order valence-electron chi connectivity index (χ3n) is 4.29. The Morgan fingerprint density at radius 2 is 1.93 bits per heavy atom. The smallest absolute Gasteiger partial charge is 0.316 e. The predicted octanol–water partition coefficient (Wildman–Crippen LogP) is 2.59. The fourth-order valence-corrected chi connectivity index (χ4v) is 3.50. The topological polar surface area (TPSA) is 99.9 Å². The van der Waals surface area contributed by atoms with Crippen LogP contribution in [-0.2, 0) is 20.7 Å². The summed E-state index contributed by atoms with van der Waals surface area (Å²) < 4.78 is 21.6. The van der Waals surface area contributed by atoms with Crippen LogP contribution >= 0.6 is 11.8 Å². The lowest BCUT2D eigenvalue weighted by atomic mass is 10.1. The summed E-state index contributed by atoms with van der Waals surface area (Å²) in [6.45, 7) is 1.18. The zero-order valence-corrected chi connectivity index (χ0v) is 16.9. The van der Waals surface area contributed by atoms with Gasteiger partial charge in [0, 0.05) is 6.54 Å². The molecule has 0 spiro atoms. The number of fused-ring (bicyclic) bond motifs is 2. The van der Waals surface area contributed by atoms with Crippen molar-refractivity contribution in [3.63, 3.8) is 0 Å². The van der Waals surface area contributed by atoms with Crippen LogP contribution in [0.25, 0.3) is 11.1 Å².